The summed E-state index contributed by atoms with van der Waals surface area (Å²) < 4.78 is 22.0. The quantitative estimate of drug-likeness (QED) is 0.686. The first-order valence-corrected chi connectivity index (χ1v) is 7.33. The van der Waals surface area contributed by atoms with E-state index in [4.69, 9.17) is 18.9 Å². The number of hydrogen-bond donors (Lipinski definition) is 0. The Morgan fingerprint density at radius 1 is 0.957 bits per heavy atom. The van der Waals surface area contributed by atoms with E-state index in [9.17, 15) is 4.79 Å². The Hall–Kier alpha value is -2.69. The van der Waals surface area contributed by atoms with Crippen LogP contribution in [-0.2, 0) is 0 Å². The van der Waals surface area contributed by atoms with E-state index < -0.39 is 0 Å². The van der Waals surface area contributed by atoms with Gasteiger partial charge in [-0.3, -0.25) is 4.79 Å². The van der Waals surface area contributed by atoms with Gasteiger partial charge in [0.1, 0.15) is 17.8 Å². The maximum atomic E-state index is 11.1. The van der Waals surface area contributed by atoms with Crippen LogP contribution in [-0.4, -0.2) is 27.1 Å². The van der Waals surface area contributed by atoms with E-state index in [0.29, 0.717) is 35.2 Å². The number of benzene rings is 2. The second-order valence-electron chi connectivity index (χ2n) is 4.79. The number of carbonyl (C=O) groups is 1. The minimum atomic E-state index is 0.435. The van der Waals surface area contributed by atoms with Crippen LogP contribution in [0.2, 0.25) is 0 Å². The summed E-state index contributed by atoms with van der Waals surface area (Å²) in [4.78, 5) is 11.1. The van der Waals surface area contributed by atoms with Crippen molar-refractivity contribution in [3.05, 3.63) is 42.0 Å². The van der Waals surface area contributed by atoms with Gasteiger partial charge in [-0.15, -0.1) is 0 Å². The Kier molecular flexibility index (Phi) is 5.86. The lowest BCUT2D eigenvalue weighted by atomic mass is 10.2. The molecule has 0 radical (unpaired) electrons. The molecule has 23 heavy (non-hydrogen) atoms. The third-order valence-electron chi connectivity index (χ3n) is 3.14. The van der Waals surface area contributed by atoms with Crippen molar-refractivity contribution in [2.45, 2.75) is 13.3 Å². The first kappa shape index (κ1) is 16.7. The highest BCUT2D eigenvalue weighted by atomic mass is 16.5. The highest BCUT2D eigenvalue weighted by Crippen LogP contribution is 2.41. The van der Waals surface area contributed by atoms with E-state index in [-0.39, 0.29) is 0 Å². The minimum Gasteiger partial charge on any atom is -0.497 e. The number of rotatable bonds is 8. The van der Waals surface area contributed by atoms with Gasteiger partial charge < -0.3 is 18.9 Å². The predicted octanol–water partition coefficient (Wildman–Crippen LogP) is 4.10. The fraction of sp³-hybridized carbons (Fsp3) is 0.278. The molecule has 0 N–H and O–H groups in total. The van der Waals surface area contributed by atoms with Gasteiger partial charge in [0.05, 0.1) is 20.8 Å². The van der Waals surface area contributed by atoms with Crippen molar-refractivity contribution in [2.24, 2.45) is 0 Å². The Morgan fingerprint density at radius 3 is 2.17 bits per heavy atom. The van der Waals surface area contributed by atoms with E-state index in [2.05, 4.69) is 0 Å². The van der Waals surface area contributed by atoms with Crippen molar-refractivity contribution in [1.29, 1.82) is 0 Å². The van der Waals surface area contributed by atoms with Gasteiger partial charge in [-0.05, 0) is 42.8 Å². The zero-order chi connectivity index (χ0) is 16.7. The largest absolute Gasteiger partial charge is 0.497 e. The van der Waals surface area contributed by atoms with Crippen LogP contribution in [0.15, 0.2) is 36.4 Å². The second kappa shape index (κ2) is 8.08. The molecule has 2 aromatic rings. The summed E-state index contributed by atoms with van der Waals surface area (Å²) in [7, 11) is 3.13. The van der Waals surface area contributed by atoms with Crippen LogP contribution < -0.4 is 18.9 Å². The number of carbonyl (C=O) groups excluding carboxylic acids is 1. The summed E-state index contributed by atoms with van der Waals surface area (Å²) in [6, 6.07) is 10.4. The lowest BCUT2D eigenvalue weighted by Gasteiger charge is -2.16. The predicted molar refractivity (Wildman–Crippen MR) is 87.2 cm³/mol. The Labute approximate surface area is 135 Å². The molecule has 0 saturated carbocycles. The lowest BCUT2D eigenvalue weighted by molar-refractivity contribution is 0.112. The van der Waals surface area contributed by atoms with E-state index in [1.165, 1.54) is 7.11 Å². The van der Waals surface area contributed by atoms with Gasteiger partial charge in [0.2, 0.25) is 5.75 Å². The Balaban J connectivity index is 2.38. The topological polar surface area (TPSA) is 54.0 Å². The normalized spacial score (nSPS) is 10.0. The summed E-state index contributed by atoms with van der Waals surface area (Å²) in [6.45, 7) is 2.53. The van der Waals surface area contributed by atoms with Crippen molar-refractivity contribution in [1.82, 2.24) is 0 Å². The average molecular weight is 316 g/mol. The molecule has 0 heterocycles. The molecule has 0 aliphatic carbocycles. The van der Waals surface area contributed by atoms with Gasteiger partial charge >= 0.3 is 0 Å². The van der Waals surface area contributed by atoms with Gasteiger partial charge in [0, 0.05) is 5.56 Å². The fourth-order valence-electron chi connectivity index (χ4n) is 2.01. The third kappa shape index (κ3) is 4.16. The molecule has 5 heteroatoms. The maximum Gasteiger partial charge on any atom is 0.204 e. The molecule has 0 aromatic heterocycles. The smallest absolute Gasteiger partial charge is 0.204 e. The van der Waals surface area contributed by atoms with Crippen LogP contribution in [0.5, 0.6) is 28.7 Å². The Bertz CT molecular complexity index is 649. The summed E-state index contributed by atoms with van der Waals surface area (Å²) in [5.74, 6) is 2.73. The minimum absolute atomic E-state index is 0.435. The highest BCUT2D eigenvalue weighted by Gasteiger charge is 2.15. The molecule has 0 aliphatic rings. The first-order chi connectivity index (χ1) is 11.2. The third-order valence-corrected chi connectivity index (χ3v) is 3.14. The van der Waals surface area contributed by atoms with E-state index in [1.807, 2.05) is 6.92 Å². The molecule has 5 nitrogen and oxygen atoms in total. The number of methoxy groups -OCH3 is 2. The first-order valence-electron chi connectivity index (χ1n) is 7.33. The molecular weight excluding hydrogens is 296 g/mol. The zero-order valence-electron chi connectivity index (χ0n) is 13.5. The van der Waals surface area contributed by atoms with Crippen LogP contribution in [0, 0.1) is 0 Å². The summed E-state index contributed by atoms with van der Waals surface area (Å²) in [5, 5.41) is 0. The molecule has 0 bridgehead atoms. The van der Waals surface area contributed by atoms with Gasteiger partial charge in [-0.25, -0.2) is 0 Å². The molecule has 2 aromatic carbocycles. The second-order valence-corrected chi connectivity index (χ2v) is 4.79. The van der Waals surface area contributed by atoms with Crippen LogP contribution in [0.3, 0.4) is 0 Å². The van der Waals surface area contributed by atoms with Crippen LogP contribution >= 0.6 is 0 Å². The van der Waals surface area contributed by atoms with Gasteiger partial charge in [-0.2, -0.15) is 0 Å². The molecule has 2 rings (SSSR count). The molecule has 0 atom stereocenters. The Morgan fingerprint density at radius 2 is 1.61 bits per heavy atom. The van der Waals surface area contributed by atoms with Crippen molar-refractivity contribution < 1.29 is 23.7 Å². The van der Waals surface area contributed by atoms with Crippen LogP contribution in [0.1, 0.15) is 23.7 Å². The lowest BCUT2D eigenvalue weighted by Crippen LogP contribution is -2.01. The number of aldehydes is 1. The van der Waals surface area contributed by atoms with Crippen molar-refractivity contribution in [3.63, 3.8) is 0 Å². The molecule has 0 saturated heterocycles. The van der Waals surface area contributed by atoms with E-state index in [0.717, 1.165) is 18.5 Å². The van der Waals surface area contributed by atoms with Crippen LogP contribution in [0.4, 0.5) is 0 Å². The molecule has 122 valence electrons. The van der Waals surface area contributed by atoms with Gasteiger partial charge in [0.15, 0.2) is 11.5 Å². The SMILES string of the molecule is CCCOc1c(OC)cc(C=O)cc1Oc1ccc(OC)cc1. The monoisotopic (exact) mass is 316 g/mol. The highest BCUT2D eigenvalue weighted by molar-refractivity contribution is 5.78. The molecule has 0 fully saturated rings. The summed E-state index contributed by atoms with van der Waals surface area (Å²) >= 11 is 0. The van der Waals surface area contributed by atoms with Crippen molar-refractivity contribution >= 4 is 6.29 Å². The fourth-order valence-corrected chi connectivity index (χ4v) is 2.01. The summed E-state index contributed by atoms with van der Waals surface area (Å²) in [5.41, 5.74) is 0.453. The molecular formula is C18H20O5. The maximum absolute atomic E-state index is 11.1. The van der Waals surface area contributed by atoms with Gasteiger partial charge in [-0.1, -0.05) is 6.92 Å². The summed E-state index contributed by atoms with van der Waals surface area (Å²) in [6.07, 6.45) is 1.59. The number of hydrogen-bond acceptors (Lipinski definition) is 5. The van der Waals surface area contributed by atoms with E-state index in [1.54, 1.807) is 43.5 Å². The van der Waals surface area contributed by atoms with Crippen LogP contribution in [0.25, 0.3) is 0 Å². The van der Waals surface area contributed by atoms with Crippen molar-refractivity contribution in [2.75, 3.05) is 20.8 Å². The molecule has 0 unspecified atom stereocenters. The molecule has 0 spiro atoms. The zero-order valence-corrected chi connectivity index (χ0v) is 13.5. The standard InChI is InChI=1S/C18H20O5/c1-4-9-22-18-16(21-3)10-13(12-19)11-17(18)23-15-7-5-14(20-2)6-8-15/h5-8,10-12H,4,9H2,1-3H3. The van der Waals surface area contributed by atoms with Crippen molar-refractivity contribution in [3.8, 4) is 28.7 Å². The van der Waals surface area contributed by atoms with E-state index >= 15 is 0 Å². The molecule has 0 aliphatic heterocycles. The average Bonchev–Trinajstić information content (AvgIpc) is 2.60. The van der Waals surface area contributed by atoms with Gasteiger partial charge in [0.25, 0.3) is 0 Å². The molecule has 0 amide bonds. The number of ether oxygens (including phenoxy) is 4.